The molecule has 0 spiro atoms. The van der Waals surface area contributed by atoms with E-state index in [0.29, 0.717) is 34.0 Å². The van der Waals surface area contributed by atoms with Gasteiger partial charge < -0.3 is 5.32 Å². The van der Waals surface area contributed by atoms with Crippen LogP contribution in [0, 0.1) is 0 Å². The van der Waals surface area contributed by atoms with Gasteiger partial charge in [-0.05, 0) is 24.4 Å². The van der Waals surface area contributed by atoms with Gasteiger partial charge in [-0.3, -0.25) is 19.5 Å². The summed E-state index contributed by atoms with van der Waals surface area (Å²) >= 11 is 2.86. The second-order valence-corrected chi connectivity index (χ2v) is 9.84. The molecule has 1 aliphatic rings. The molecule has 0 bridgehead atoms. The molecule has 0 saturated heterocycles. The highest BCUT2D eigenvalue weighted by molar-refractivity contribution is 8.00. The number of nitrogens with zero attached hydrogens (tertiary/aromatic N) is 2. The van der Waals surface area contributed by atoms with Gasteiger partial charge in [0.25, 0.3) is 0 Å². The first-order valence-corrected chi connectivity index (χ1v) is 12.0. The Morgan fingerprint density at radius 2 is 1.79 bits per heavy atom. The number of thiophene rings is 1. The summed E-state index contributed by atoms with van der Waals surface area (Å²) in [5, 5.41) is 11.9. The van der Waals surface area contributed by atoms with E-state index in [-0.39, 0.29) is 23.0 Å². The number of nitrogens with one attached hydrogen (secondary N) is 2. The summed E-state index contributed by atoms with van der Waals surface area (Å²) < 4.78 is 0. The average molecular weight is 475 g/mol. The number of fused-ring (bicyclic) bond motifs is 2. The molecule has 33 heavy (non-hydrogen) atoms. The van der Waals surface area contributed by atoms with Crippen molar-refractivity contribution in [1.29, 1.82) is 0 Å². The van der Waals surface area contributed by atoms with Crippen LogP contribution in [-0.2, 0) is 11.2 Å². The first kappa shape index (κ1) is 21.3. The normalized spacial score (nSPS) is 13.4. The molecule has 4 aromatic rings. The third-order valence-electron chi connectivity index (χ3n) is 5.29. The standard InChI is InChI=1S/C24H18N4O3S2/c1-13(33-24-26-19(27-28-24)12-14-6-5-11-32-14)23(31)25-18-10-4-9-17-20(18)22(30)16-8-3-2-7-15(16)21(17)29/h2-11,13H,12H2,1H3,(H,25,31)(H,26,27,28). The molecular weight excluding hydrogens is 456 g/mol. The van der Waals surface area contributed by atoms with Gasteiger partial charge in [0, 0.05) is 28.0 Å². The molecule has 5 rings (SSSR count). The van der Waals surface area contributed by atoms with E-state index in [1.165, 1.54) is 16.6 Å². The Kier molecular flexibility index (Phi) is 5.65. The number of rotatable bonds is 6. The maximum atomic E-state index is 13.1. The Balaban J connectivity index is 1.32. The van der Waals surface area contributed by atoms with Crippen LogP contribution in [0.4, 0.5) is 5.69 Å². The quantitative estimate of drug-likeness (QED) is 0.355. The Hall–Kier alpha value is -3.56. The second kappa shape index (κ2) is 8.76. The number of thioether (sulfide) groups is 1. The summed E-state index contributed by atoms with van der Waals surface area (Å²) in [6, 6.07) is 15.7. The lowest BCUT2D eigenvalue weighted by molar-refractivity contribution is -0.115. The lowest BCUT2D eigenvalue weighted by Crippen LogP contribution is -2.27. The third-order valence-corrected chi connectivity index (χ3v) is 7.13. The van der Waals surface area contributed by atoms with Gasteiger partial charge in [-0.2, -0.15) is 0 Å². The molecule has 2 aromatic carbocycles. The molecule has 2 N–H and O–H groups in total. The topological polar surface area (TPSA) is 105 Å². The minimum absolute atomic E-state index is 0.224. The summed E-state index contributed by atoms with van der Waals surface area (Å²) in [5.41, 5.74) is 1.57. The summed E-state index contributed by atoms with van der Waals surface area (Å²) in [4.78, 5) is 44.5. The molecular formula is C24H18N4O3S2. The fourth-order valence-electron chi connectivity index (χ4n) is 3.68. The zero-order valence-electron chi connectivity index (χ0n) is 17.5. The Morgan fingerprint density at radius 3 is 2.55 bits per heavy atom. The van der Waals surface area contributed by atoms with E-state index in [1.54, 1.807) is 60.7 Å². The fraction of sp³-hybridized carbons (Fsp3) is 0.125. The minimum atomic E-state index is -0.520. The molecule has 0 saturated carbocycles. The van der Waals surface area contributed by atoms with Crippen molar-refractivity contribution in [3.8, 4) is 0 Å². The molecule has 0 radical (unpaired) electrons. The average Bonchev–Trinajstić information content (AvgIpc) is 3.50. The summed E-state index contributed by atoms with van der Waals surface area (Å²) in [5.74, 6) is -0.0779. The zero-order chi connectivity index (χ0) is 22.9. The molecule has 9 heteroatoms. The number of hydrogen-bond donors (Lipinski definition) is 2. The Morgan fingerprint density at radius 1 is 1.03 bits per heavy atom. The van der Waals surface area contributed by atoms with Gasteiger partial charge in [-0.25, -0.2) is 4.98 Å². The van der Waals surface area contributed by atoms with Crippen LogP contribution < -0.4 is 5.32 Å². The highest BCUT2D eigenvalue weighted by Gasteiger charge is 2.32. The molecule has 1 amide bonds. The Bertz CT molecular complexity index is 1380. The van der Waals surface area contributed by atoms with E-state index in [4.69, 9.17) is 0 Å². The van der Waals surface area contributed by atoms with Crippen LogP contribution in [0.5, 0.6) is 0 Å². The van der Waals surface area contributed by atoms with Gasteiger partial charge in [0.05, 0.1) is 16.5 Å². The van der Waals surface area contributed by atoms with Crippen LogP contribution in [0.1, 0.15) is 49.5 Å². The lowest BCUT2D eigenvalue weighted by Gasteiger charge is -2.21. The zero-order valence-corrected chi connectivity index (χ0v) is 19.1. The van der Waals surface area contributed by atoms with Gasteiger partial charge in [0.15, 0.2) is 11.6 Å². The van der Waals surface area contributed by atoms with Crippen molar-refractivity contribution in [2.75, 3.05) is 5.32 Å². The number of aromatic nitrogens is 3. The molecule has 7 nitrogen and oxygen atoms in total. The highest BCUT2D eigenvalue weighted by atomic mass is 32.2. The number of ketones is 2. The SMILES string of the molecule is CC(Sc1n[nH]c(Cc2cccs2)n1)C(=O)Nc1cccc2c1C(=O)c1ccccc1C2=O. The van der Waals surface area contributed by atoms with Gasteiger partial charge in [0.1, 0.15) is 5.82 Å². The lowest BCUT2D eigenvalue weighted by atomic mass is 9.83. The smallest absolute Gasteiger partial charge is 0.237 e. The molecule has 1 unspecified atom stereocenters. The summed E-state index contributed by atoms with van der Waals surface area (Å²) in [7, 11) is 0. The van der Waals surface area contributed by atoms with E-state index in [9.17, 15) is 14.4 Å². The van der Waals surface area contributed by atoms with Crippen molar-refractivity contribution in [3.05, 3.63) is 92.9 Å². The monoisotopic (exact) mass is 474 g/mol. The third kappa shape index (κ3) is 4.12. The molecule has 0 aliphatic heterocycles. The van der Waals surface area contributed by atoms with Crippen molar-refractivity contribution in [2.24, 2.45) is 0 Å². The number of H-pyrrole nitrogens is 1. The van der Waals surface area contributed by atoms with E-state index < -0.39 is 5.25 Å². The molecule has 1 atom stereocenters. The van der Waals surface area contributed by atoms with Crippen LogP contribution in [0.3, 0.4) is 0 Å². The van der Waals surface area contributed by atoms with E-state index in [2.05, 4.69) is 20.5 Å². The van der Waals surface area contributed by atoms with Crippen molar-refractivity contribution in [2.45, 2.75) is 23.8 Å². The van der Waals surface area contributed by atoms with Crippen molar-refractivity contribution in [3.63, 3.8) is 0 Å². The number of aromatic amines is 1. The Labute approximate surface area is 197 Å². The van der Waals surface area contributed by atoms with Gasteiger partial charge in [-0.1, -0.05) is 54.2 Å². The number of anilines is 1. The highest BCUT2D eigenvalue weighted by Crippen LogP contribution is 2.32. The van der Waals surface area contributed by atoms with Gasteiger partial charge in [-0.15, -0.1) is 16.4 Å². The number of amides is 1. The molecule has 164 valence electrons. The number of benzene rings is 2. The molecule has 0 fully saturated rings. The van der Waals surface area contributed by atoms with Gasteiger partial charge >= 0.3 is 0 Å². The predicted molar refractivity (Wildman–Crippen MR) is 127 cm³/mol. The maximum absolute atomic E-state index is 13.1. The van der Waals surface area contributed by atoms with E-state index in [1.807, 2.05) is 17.5 Å². The largest absolute Gasteiger partial charge is 0.324 e. The van der Waals surface area contributed by atoms with Crippen LogP contribution >= 0.6 is 23.1 Å². The van der Waals surface area contributed by atoms with E-state index >= 15 is 0 Å². The van der Waals surface area contributed by atoms with Crippen molar-refractivity contribution in [1.82, 2.24) is 15.2 Å². The molecule has 2 heterocycles. The fourth-order valence-corrected chi connectivity index (χ4v) is 5.14. The van der Waals surface area contributed by atoms with Gasteiger partial charge in [0.2, 0.25) is 11.1 Å². The predicted octanol–water partition coefficient (Wildman–Crippen LogP) is 4.35. The number of hydrogen-bond acceptors (Lipinski definition) is 7. The number of carbonyl (C=O) groups excluding carboxylic acids is 3. The van der Waals surface area contributed by atoms with Crippen LogP contribution in [0.2, 0.25) is 0 Å². The van der Waals surface area contributed by atoms with Crippen molar-refractivity contribution >= 4 is 46.3 Å². The molecule has 1 aliphatic carbocycles. The van der Waals surface area contributed by atoms with Crippen LogP contribution in [0.25, 0.3) is 0 Å². The molecule has 2 aromatic heterocycles. The summed E-state index contributed by atoms with van der Waals surface area (Å²) in [6.45, 7) is 1.74. The minimum Gasteiger partial charge on any atom is -0.324 e. The van der Waals surface area contributed by atoms with Crippen LogP contribution in [-0.4, -0.2) is 37.9 Å². The first-order valence-electron chi connectivity index (χ1n) is 10.2. The van der Waals surface area contributed by atoms with Crippen LogP contribution in [0.15, 0.2) is 65.1 Å². The first-order chi connectivity index (χ1) is 16.0. The van der Waals surface area contributed by atoms with E-state index in [0.717, 1.165) is 5.82 Å². The summed E-state index contributed by atoms with van der Waals surface area (Å²) in [6.07, 6.45) is 0.652. The maximum Gasteiger partial charge on any atom is 0.237 e. The van der Waals surface area contributed by atoms with Crippen molar-refractivity contribution < 1.29 is 14.4 Å². The second-order valence-electron chi connectivity index (χ2n) is 7.50. The number of carbonyl (C=O) groups is 3.